The van der Waals surface area contributed by atoms with E-state index < -0.39 is 7.82 Å². The van der Waals surface area contributed by atoms with Gasteiger partial charge in [0.15, 0.2) is 0 Å². The molecule has 0 rings (SSSR count). The quantitative estimate of drug-likeness (QED) is 0.579. The summed E-state index contributed by atoms with van der Waals surface area (Å²) in [5.41, 5.74) is 0. The Kier molecular flexibility index (Phi) is 17.9. The van der Waals surface area contributed by atoms with Crippen molar-refractivity contribution in [3.05, 3.63) is 0 Å². The molecule has 0 aliphatic carbocycles. The number of phosphoric acid groups is 1. The predicted octanol–water partition coefficient (Wildman–Crippen LogP) is -1.02. The molecule has 0 amide bonds. The molecule has 0 aromatic carbocycles. The zero-order valence-corrected chi connectivity index (χ0v) is 10.6. The van der Waals surface area contributed by atoms with Crippen molar-refractivity contribution in [2.24, 2.45) is 0 Å². The summed E-state index contributed by atoms with van der Waals surface area (Å²) in [6.07, 6.45) is 2.64. The molecule has 0 saturated heterocycles. The molecule has 0 saturated carbocycles. The van der Waals surface area contributed by atoms with Gasteiger partial charge in [-0.15, -0.1) is 0 Å². The van der Waals surface area contributed by atoms with Gasteiger partial charge in [-0.1, -0.05) is 26.7 Å². The Labute approximate surface area is 88.9 Å². The summed E-state index contributed by atoms with van der Waals surface area (Å²) in [7, 11) is -5.39. The predicted molar refractivity (Wildman–Crippen MR) is 28.2 cm³/mol. The van der Waals surface area contributed by atoms with Crippen LogP contribution < -0.4 is 14.7 Å². The van der Waals surface area contributed by atoms with Crippen LogP contribution in [0, 0.1) is 35.6 Å². The minimum absolute atomic E-state index is 0. The Morgan fingerprint density at radius 1 is 1.10 bits per heavy atom. The summed E-state index contributed by atoms with van der Waals surface area (Å²) in [5, 5.41) is 0. The van der Waals surface area contributed by atoms with Gasteiger partial charge in [0, 0.05) is 0 Å². The monoisotopic (exact) mass is 292 g/mol. The van der Waals surface area contributed by atoms with Crippen molar-refractivity contribution in [1.29, 1.82) is 0 Å². The molecule has 0 unspecified atom stereocenters. The standard InChI is InChI=1S/C4H10.La.H3O4P/c1-3-4-2;;1-5(2,3)4/h3-4H2,1-2H3;;(H3,1,2,3,4)/q;+3;/p-3. The zero-order chi connectivity index (χ0) is 7.91. The molecule has 6 heteroatoms. The third-order valence-electron chi connectivity index (χ3n) is 0.500. The van der Waals surface area contributed by atoms with E-state index in [0.29, 0.717) is 0 Å². The van der Waals surface area contributed by atoms with E-state index in [1.807, 2.05) is 0 Å². The van der Waals surface area contributed by atoms with E-state index in [1.165, 1.54) is 12.8 Å². The van der Waals surface area contributed by atoms with Gasteiger partial charge in [0.2, 0.25) is 0 Å². The van der Waals surface area contributed by atoms with Crippen LogP contribution in [0.3, 0.4) is 0 Å². The molecule has 0 aromatic heterocycles. The topological polar surface area (TPSA) is 86.2 Å². The first-order chi connectivity index (χ1) is 3.91. The molecule has 0 N–H and O–H groups in total. The van der Waals surface area contributed by atoms with E-state index >= 15 is 0 Å². The average molecular weight is 292 g/mol. The van der Waals surface area contributed by atoms with E-state index in [-0.39, 0.29) is 35.6 Å². The summed E-state index contributed by atoms with van der Waals surface area (Å²) >= 11 is 0. The summed E-state index contributed by atoms with van der Waals surface area (Å²) in [4.78, 5) is 25.6. The van der Waals surface area contributed by atoms with Crippen LogP contribution >= 0.6 is 7.82 Å². The SMILES string of the molecule is CCCC.O=P([O-])([O-])[O-].[La+3]. The summed E-state index contributed by atoms with van der Waals surface area (Å²) in [6, 6.07) is 0. The average Bonchev–Trinajstić information content (AvgIpc) is 1.61. The second-order valence-electron chi connectivity index (χ2n) is 1.45. The number of rotatable bonds is 1. The zero-order valence-electron chi connectivity index (χ0n) is 6.07. The second-order valence-corrected chi connectivity index (χ2v) is 2.34. The molecule has 4 nitrogen and oxygen atoms in total. The molecular weight excluding hydrogens is 282 g/mol. The molecule has 0 spiro atoms. The third-order valence-corrected chi connectivity index (χ3v) is 0.500. The van der Waals surface area contributed by atoms with Crippen LogP contribution in [0.25, 0.3) is 0 Å². The van der Waals surface area contributed by atoms with Crippen LogP contribution in [0.2, 0.25) is 0 Å². The van der Waals surface area contributed by atoms with E-state index in [0.717, 1.165) is 0 Å². The van der Waals surface area contributed by atoms with Gasteiger partial charge in [-0.05, 0) is 0 Å². The van der Waals surface area contributed by atoms with Gasteiger partial charge in [0.25, 0.3) is 0 Å². The van der Waals surface area contributed by atoms with Gasteiger partial charge < -0.3 is 19.2 Å². The third kappa shape index (κ3) is 121. The fourth-order valence-electron chi connectivity index (χ4n) is 0. The van der Waals surface area contributed by atoms with Gasteiger partial charge in [-0.25, -0.2) is 0 Å². The van der Waals surface area contributed by atoms with Crippen molar-refractivity contribution >= 4 is 7.82 Å². The Morgan fingerprint density at radius 3 is 1.20 bits per heavy atom. The van der Waals surface area contributed by atoms with Gasteiger partial charge in [-0.2, -0.15) is 7.82 Å². The van der Waals surface area contributed by atoms with Crippen LogP contribution in [-0.4, -0.2) is 0 Å². The first-order valence-electron chi connectivity index (χ1n) is 2.64. The Bertz CT molecular complexity index is 81.0. The first-order valence-corrected chi connectivity index (χ1v) is 4.11. The maximum atomic E-state index is 8.55. The van der Waals surface area contributed by atoms with Crippen molar-refractivity contribution < 1.29 is 54.8 Å². The minimum Gasteiger partial charge on any atom is -0.822 e. The summed E-state index contributed by atoms with van der Waals surface area (Å²) < 4.78 is 8.55. The van der Waals surface area contributed by atoms with E-state index in [4.69, 9.17) is 19.2 Å². The van der Waals surface area contributed by atoms with Crippen molar-refractivity contribution in [2.45, 2.75) is 26.7 Å². The largest absolute Gasteiger partial charge is 3.00 e. The molecule has 0 bridgehead atoms. The van der Waals surface area contributed by atoms with Crippen molar-refractivity contribution in [1.82, 2.24) is 0 Å². The molecule has 0 aromatic rings. The van der Waals surface area contributed by atoms with E-state index in [2.05, 4.69) is 13.8 Å². The second kappa shape index (κ2) is 10.3. The van der Waals surface area contributed by atoms with Crippen molar-refractivity contribution in [3.63, 3.8) is 0 Å². The van der Waals surface area contributed by atoms with Crippen LogP contribution in [-0.2, 0) is 4.57 Å². The molecule has 0 heterocycles. The van der Waals surface area contributed by atoms with Crippen molar-refractivity contribution in [2.75, 3.05) is 0 Å². The van der Waals surface area contributed by atoms with Gasteiger partial charge in [0.05, 0.1) is 0 Å². The number of unbranched alkanes of at least 4 members (excludes halogenated alkanes) is 1. The van der Waals surface area contributed by atoms with E-state index in [1.54, 1.807) is 0 Å². The van der Waals surface area contributed by atoms with Gasteiger partial charge in [0.1, 0.15) is 0 Å². The normalized spacial score (nSPS) is 8.90. The summed E-state index contributed by atoms with van der Waals surface area (Å²) in [6.45, 7) is 4.36. The molecule has 10 heavy (non-hydrogen) atoms. The molecule has 0 atom stereocenters. The summed E-state index contributed by atoms with van der Waals surface area (Å²) in [5.74, 6) is 0. The molecule has 0 aliphatic rings. The molecule has 0 aliphatic heterocycles. The fourth-order valence-corrected chi connectivity index (χ4v) is 0. The molecule has 0 radical (unpaired) electrons. The van der Waals surface area contributed by atoms with E-state index in [9.17, 15) is 0 Å². The van der Waals surface area contributed by atoms with Crippen LogP contribution in [0.15, 0.2) is 0 Å². The Morgan fingerprint density at radius 2 is 1.20 bits per heavy atom. The van der Waals surface area contributed by atoms with Gasteiger partial charge in [-0.3, -0.25) is 0 Å². The van der Waals surface area contributed by atoms with Gasteiger partial charge >= 0.3 is 35.6 Å². The number of hydrogen-bond acceptors (Lipinski definition) is 4. The van der Waals surface area contributed by atoms with Crippen LogP contribution in [0.4, 0.5) is 0 Å². The number of hydrogen-bond donors (Lipinski definition) is 0. The molecular formula is C4H10LaO4P. The Hall–Kier alpha value is 1.30. The molecule has 58 valence electrons. The molecule has 0 fully saturated rings. The van der Waals surface area contributed by atoms with Crippen molar-refractivity contribution in [3.8, 4) is 0 Å². The smallest absolute Gasteiger partial charge is 0.822 e. The maximum Gasteiger partial charge on any atom is 3.00 e. The maximum absolute atomic E-state index is 8.55. The first kappa shape index (κ1) is 17.4. The minimum atomic E-state index is -5.39. The van der Waals surface area contributed by atoms with Crippen LogP contribution in [0.1, 0.15) is 26.7 Å². The van der Waals surface area contributed by atoms with Crippen LogP contribution in [0.5, 0.6) is 0 Å². The Balaban J connectivity index is -0.0000000910. The fraction of sp³-hybridized carbons (Fsp3) is 1.00.